The van der Waals surface area contributed by atoms with Gasteiger partial charge in [-0.15, -0.1) is 13.2 Å². The highest BCUT2D eigenvalue weighted by atomic mass is 79.9. The lowest BCUT2D eigenvalue weighted by molar-refractivity contribution is -0.159. The number of ether oxygens (including phenoxy) is 2. The van der Waals surface area contributed by atoms with Gasteiger partial charge in [-0.1, -0.05) is 71.3 Å². The molecule has 3 amide bonds. The van der Waals surface area contributed by atoms with Gasteiger partial charge in [0.25, 0.3) is 0 Å². The fraction of sp³-hybridized carbons (Fsp3) is 0.588. The summed E-state index contributed by atoms with van der Waals surface area (Å²) in [5, 5.41) is 12.0. The van der Waals surface area contributed by atoms with E-state index in [9.17, 15) is 24.3 Å². The first-order valence-electron chi connectivity index (χ1n) is 15.9. The third-order valence-corrected chi connectivity index (χ3v) is 9.80. The first-order chi connectivity index (χ1) is 21.7. The van der Waals surface area contributed by atoms with Gasteiger partial charge in [0, 0.05) is 37.5 Å². The largest absolute Gasteiger partial charge is 0.460 e. The number of nitrogens with zero attached hydrogens (tertiary/aromatic N) is 2. The fourth-order valence-electron chi connectivity index (χ4n) is 6.93. The van der Waals surface area contributed by atoms with Crippen LogP contribution in [0.1, 0.15) is 57.4 Å². The third kappa shape index (κ3) is 7.69. The van der Waals surface area contributed by atoms with E-state index in [0.29, 0.717) is 45.2 Å². The number of halogens is 1. The third-order valence-electron chi connectivity index (χ3n) is 8.96. The van der Waals surface area contributed by atoms with Gasteiger partial charge >= 0.3 is 5.97 Å². The molecule has 7 atom stereocenters. The second-order valence-electron chi connectivity index (χ2n) is 12.2. The van der Waals surface area contributed by atoms with Crippen molar-refractivity contribution in [2.24, 2.45) is 11.8 Å². The lowest BCUT2D eigenvalue weighted by atomic mass is 9.70. The van der Waals surface area contributed by atoms with E-state index in [-0.39, 0.29) is 42.2 Å². The molecule has 3 heterocycles. The van der Waals surface area contributed by atoms with Crippen molar-refractivity contribution < 1.29 is 33.8 Å². The van der Waals surface area contributed by atoms with Gasteiger partial charge < -0.3 is 29.7 Å². The van der Waals surface area contributed by atoms with Gasteiger partial charge in [-0.25, -0.2) is 0 Å². The van der Waals surface area contributed by atoms with Gasteiger partial charge in [-0.05, 0) is 38.2 Å². The number of amides is 3. The monoisotopic (exact) mass is 687 g/mol. The van der Waals surface area contributed by atoms with Crippen molar-refractivity contribution in [2.45, 2.75) is 87.1 Å². The molecule has 0 saturated carbocycles. The molecule has 1 aromatic rings. The smallest absolute Gasteiger partial charge is 0.312 e. The molecule has 1 unspecified atom stereocenters. The number of aliphatic hydroxyl groups excluding tert-OH is 1. The molecule has 2 bridgehead atoms. The van der Waals surface area contributed by atoms with Crippen molar-refractivity contribution in [3.63, 3.8) is 0 Å². The van der Waals surface area contributed by atoms with Crippen molar-refractivity contribution in [1.82, 2.24) is 15.1 Å². The summed E-state index contributed by atoms with van der Waals surface area (Å²) in [4.78, 5) is 57.7. The molecule has 0 aromatic heterocycles. The number of fused-ring (bicyclic) bond motifs is 1. The second kappa shape index (κ2) is 16.0. The summed E-state index contributed by atoms with van der Waals surface area (Å²) in [6.07, 6.45) is 6.24. The average molecular weight is 689 g/mol. The Labute approximate surface area is 274 Å². The van der Waals surface area contributed by atoms with Gasteiger partial charge in [0.1, 0.15) is 17.7 Å². The van der Waals surface area contributed by atoms with Crippen LogP contribution in [0.2, 0.25) is 0 Å². The fourth-order valence-corrected chi connectivity index (χ4v) is 7.87. The number of unbranched alkanes of at least 4 members (excludes halogenated alkanes) is 3. The van der Waals surface area contributed by atoms with Crippen LogP contribution in [-0.4, -0.2) is 93.5 Å². The Morgan fingerprint density at radius 3 is 2.62 bits per heavy atom. The topological polar surface area (TPSA) is 125 Å². The average Bonchev–Trinajstić information content (AvgIpc) is 3.62. The lowest BCUT2D eigenvalue weighted by Gasteiger charge is -2.37. The minimum atomic E-state index is -1.19. The summed E-state index contributed by atoms with van der Waals surface area (Å²) >= 11 is 3.70. The van der Waals surface area contributed by atoms with Gasteiger partial charge in [0.2, 0.25) is 17.7 Å². The number of nitrogens with one attached hydrogen (secondary N) is 1. The lowest BCUT2D eigenvalue weighted by Crippen LogP contribution is -2.56. The van der Waals surface area contributed by atoms with E-state index in [1.165, 1.54) is 0 Å². The van der Waals surface area contributed by atoms with E-state index in [0.717, 1.165) is 18.4 Å². The van der Waals surface area contributed by atoms with Crippen LogP contribution in [0.25, 0.3) is 0 Å². The maximum atomic E-state index is 14.5. The highest BCUT2D eigenvalue weighted by Crippen LogP contribution is 2.60. The molecule has 4 rings (SSSR count). The standard InChI is InChI=1S/C34H46BrN3O7/c1-4-6-16-26(40)36-21-23(3)44-33(43)27-28-31(41)38(18-12-7-8-13-19-39)30(34(28)20-25(35)29(27)45-34)32(42)37(17-5-2)22-24-14-10-9-11-15-24/h4-5,9-11,14-15,23,25,27-30,39H,1-2,6-8,12-13,16-22H2,3H3,(H,36,40)/t23-,25?,27-,28+,29-,30-,34+/m1/s1. The van der Waals surface area contributed by atoms with Crippen LogP contribution in [0.15, 0.2) is 55.6 Å². The van der Waals surface area contributed by atoms with Crippen LogP contribution in [-0.2, 0) is 35.2 Å². The molecule has 2 N–H and O–H groups in total. The van der Waals surface area contributed by atoms with Gasteiger partial charge in [-0.2, -0.15) is 0 Å². The van der Waals surface area contributed by atoms with Crippen molar-refractivity contribution in [2.75, 3.05) is 26.2 Å². The number of alkyl halides is 1. The predicted molar refractivity (Wildman–Crippen MR) is 173 cm³/mol. The molecule has 1 spiro atoms. The van der Waals surface area contributed by atoms with Gasteiger partial charge in [-0.3, -0.25) is 19.2 Å². The summed E-state index contributed by atoms with van der Waals surface area (Å²) in [5.41, 5.74) is -0.247. The zero-order chi connectivity index (χ0) is 32.6. The Bertz CT molecular complexity index is 1230. The second-order valence-corrected chi connectivity index (χ2v) is 13.4. The highest BCUT2D eigenvalue weighted by molar-refractivity contribution is 9.09. The number of carbonyl (C=O) groups is 4. The van der Waals surface area contributed by atoms with Crippen molar-refractivity contribution in [3.8, 4) is 0 Å². The molecule has 10 nitrogen and oxygen atoms in total. The Hall–Kier alpha value is -3.02. The van der Waals surface area contributed by atoms with E-state index in [4.69, 9.17) is 9.47 Å². The van der Waals surface area contributed by atoms with Crippen LogP contribution in [0.3, 0.4) is 0 Å². The van der Waals surface area contributed by atoms with Crippen LogP contribution in [0.5, 0.6) is 0 Å². The van der Waals surface area contributed by atoms with E-state index >= 15 is 0 Å². The Morgan fingerprint density at radius 2 is 1.93 bits per heavy atom. The molecule has 3 aliphatic rings. The summed E-state index contributed by atoms with van der Waals surface area (Å²) < 4.78 is 12.4. The molecule has 45 heavy (non-hydrogen) atoms. The first kappa shape index (κ1) is 34.8. The van der Waals surface area contributed by atoms with Crippen LogP contribution in [0, 0.1) is 11.8 Å². The summed E-state index contributed by atoms with van der Waals surface area (Å²) in [6.45, 7) is 10.4. The first-order valence-corrected chi connectivity index (χ1v) is 16.8. The van der Waals surface area contributed by atoms with Crippen LogP contribution in [0.4, 0.5) is 0 Å². The molecule has 0 radical (unpaired) electrons. The molecular weight excluding hydrogens is 642 g/mol. The van der Waals surface area contributed by atoms with Crippen molar-refractivity contribution >= 4 is 39.6 Å². The quantitative estimate of drug-likeness (QED) is 0.105. The molecule has 1 aromatic carbocycles. The number of carbonyl (C=O) groups excluding carboxylic acids is 4. The predicted octanol–water partition coefficient (Wildman–Crippen LogP) is 3.52. The van der Waals surface area contributed by atoms with E-state index in [1.54, 1.807) is 28.9 Å². The molecular formula is C34H46BrN3O7. The number of allylic oxidation sites excluding steroid dienone is 1. The zero-order valence-electron chi connectivity index (χ0n) is 26.1. The van der Waals surface area contributed by atoms with Gasteiger partial charge in [0.05, 0.1) is 24.5 Å². The Kier molecular flexibility index (Phi) is 12.4. The summed E-state index contributed by atoms with van der Waals surface area (Å²) in [7, 11) is 0. The number of aliphatic hydroxyl groups is 1. The Balaban J connectivity index is 1.59. The molecule has 11 heteroatoms. The molecule has 0 aliphatic carbocycles. The van der Waals surface area contributed by atoms with Gasteiger partial charge in [0.15, 0.2) is 0 Å². The summed E-state index contributed by atoms with van der Waals surface area (Å²) in [5.74, 6) is -3.02. The number of rotatable bonds is 18. The highest BCUT2D eigenvalue weighted by Gasteiger charge is 2.77. The van der Waals surface area contributed by atoms with E-state index in [2.05, 4.69) is 34.4 Å². The minimum absolute atomic E-state index is 0.105. The van der Waals surface area contributed by atoms with Crippen molar-refractivity contribution in [1.29, 1.82) is 0 Å². The maximum Gasteiger partial charge on any atom is 0.312 e. The number of hydrogen-bond donors (Lipinski definition) is 2. The number of likely N-dealkylation sites (tertiary alicyclic amines) is 1. The summed E-state index contributed by atoms with van der Waals surface area (Å²) in [6, 6.07) is 8.73. The maximum absolute atomic E-state index is 14.5. The molecule has 3 fully saturated rings. The Morgan fingerprint density at radius 1 is 1.20 bits per heavy atom. The number of hydrogen-bond acceptors (Lipinski definition) is 7. The van der Waals surface area contributed by atoms with Crippen molar-refractivity contribution in [3.05, 3.63) is 61.2 Å². The van der Waals surface area contributed by atoms with E-state index in [1.807, 2.05) is 30.3 Å². The molecule has 3 aliphatic heterocycles. The van der Waals surface area contributed by atoms with Crippen LogP contribution < -0.4 is 5.32 Å². The SMILES string of the molecule is C=CCCC(=O)NC[C@@H](C)OC(=O)[C@H]1[C@@H]2O[C@@]3(CC2Br)[C@@H]1C(=O)N(CCCCCCO)[C@@H]3C(=O)N(CC=C)Cc1ccccc1. The molecule has 246 valence electrons. The minimum Gasteiger partial charge on any atom is -0.460 e. The van der Waals surface area contributed by atoms with Crippen LogP contribution >= 0.6 is 15.9 Å². The molecule has 3 saturated heterocycles. The normalized spacial score (nSPS) is 27.1. The van der Waals surface area contributed by atoms with E-state index < -0.39 is 41.7 Å². The number of benzene rings is 1. The zero-order valence-corrected chi connectivity index (χ0v) is 27.7. The number of esters is 1.